The molecule has 0 heterocycles. The van der Waals surface area contributed by atoms with Crippen LogP contribution in [0.2, 0.25) is 0 Å². The second-order valence-corrected chi connectivity index (χ2v) is 5.42. The molecular weight excluding hydrogens is 324 g/mol. The molecule has 0 bridgehead atoms. The highest BCUT2D eigenvalue weighted by Gasteiger charge is 2.32. The molecule has 1 rings (SSSR count). The lowest BCUT2D eigenvalue weighted by Gasteiger charge is -2.11. The zero-order valence-electron chi connectivity index (χ0n) is 10.1. The SMILES string of the molecule is Cl.NCCCNS(=O)(=O)c1cc(C(F)(F)F)ccc1F. The van der Waals surface area contributed by atoms with Crippen LogP contribution in [0.5, 0.6) is 0 Å². The lowest BCUT2D eigenvalue weighted by Crippen LogP contribution is -2.27. The van der Waals surface area contributed by atoms with Crippen molar-refractivity contribution < 1.29 is 26.0 Å². The molecule has 0 atom stereocenters. The highest BCUT2D eigenvalue weighted by atomic mass is 35.5. The van der Waals surface area contributed by atoms with Crippen molar-refractivity contribution in [2.75, 3.05) is 13.1 Å². The third-order valence-electron chi connectivity index (χ3n) is 2.22. The van der Waals surface area contributed by atoms with Crippen LogP contribution >= 0.6 is 12.4 Å². The zero-order valence-corrected chi connectivity index (χ0v) is 11.7. The van der Waals surface area contributed by atoms with Crippen LogP contribution in [0.25, 0.3) is 0 Å². The maximum Gasteiger partial charge on any atom is 0.416 e. The number of halogens is 5. The molecule has 0 aliphatic rings. The van der Waals surface area contributed by atoms with Gasteiger partial charge < -0.3 is 5.73 Å². The average molecular weight is 337 g/mol. The minimum Gasteiger partial charge on any atom is -0.330 e. The molecule has 0 aliphatic heterocycles. The Kier molecular flexibility index (Phi) is 6.88. The normalized spacial score (nSPS) is 12.1. The summed E-state index contributed by atoms with van der Waals surface area (Å²) in [6.07, 6.45) is -4.45. The second kappa shape index (κ2) is 7.21. The fraction of sp³-hybridized carbons (Fsp3) is 0.400. The Morgan fingerprint density at radius 1 is 1.25 bits per heavy atom. The van der Waals surface area contributed by atoms with Gasteiger partial charge in [-0.2, -0.15) is 13.2 Å². The van der Waals surface area contributed by atoms with E-state index in [1.807, 2.05) is 4.72 Å². The molecule has 0 amide bonds. The minimum absolute atomic E-state index is 0. The molecule has 4 nitrogen and oxygen atoms in total. The molecule has 0 aromatic heterocycles. The minimum atomic E-state index is -4.74. The van der Waals surface area contributed by atoms with Crippen molar-refractivity contribution in [2.45, 2.75) is 17.5 Å². The van der Waals surface area contributed by atoms with E-state index in [-0.39, 0.29) is 31.6 Å². The van der Waals surface area contributed by atoms with E-state index in [2.05, 4.69) is 0 Å². The van der Waals surface area contributed by atoms with Crippen LogP contribution in [0, 0.1) is 5.82 Å². The van der Waals surface area contributed by atoms with Gasteiger partial charge in [-0.1, -0.05) is 0 Å². The Morgan fingerprint density at radius 3 is 2.35 bits per heavy atom. The molecule has 1 aromatic carbocycles. The highest BCUT2D eigenvalue weighted by molar-refractivity contribution is 7.89. The van der Waals surface area contributed by atoms with Gasteiger partial charge in [0.2, 0.25) is 10.0 Å². The molecule has 0 unspecified atom stereocenters. The van der Waals surface area contributed by atoms with Crippen molar-refractivity contribution in [3.8, 4) is 0 Å². The summed E-state index contributed by atoms with van der Waals surface area (Å²) in [5.74, 6) is -1.24. The molecule has 0 saturated heterocycles. The number of hydrogen-bond donors (Lipinski definition) is 2. The smallest absolute Gasteiger partial charge is 0.330 e. The van der Waals surface area contributed by atoms with Gasteiger partial charge in [0, 0.05) is 6.54 Å². The highest BCUT2D eigenvalue weighted by Crippen LogP contribution is 2.31. The number of hydrogen-bond acceptors (Lipinski definition) is 3. The van der Waals surface area contributed by atoms with E-state index in [9.17, 15) is 26.0 Å². The van der Waals surface area contributed by atoms with Crippen LogP contribution in [-0.2, 0) is 16.2 Å². The van der Waals surface area contributed by atoms with Gasteiger partial charge in [0.1, 0.15) is 10.7 Å². The van der Waals surface area contributed by atoms with Crippen LogP contribution < -0.4 is 10.5 Å². The monoisotopic (exact) mass is 336 g/mol. The lowest BCUT2D eigenvalue weighted by molar-refractivity contribution is -0.137. The maximum absolute atomic E-state index is 13.4. The first kappa shape index (κ1) is 19.1. The third-order valence-corrected chi connectivity index (χ3v) is 3.70. The van der Waals surface area contributed by atoms with Gasteiger partial charge in [0.15, 0.2) is 0 Å². The Hall–Kier alpha value is -0.900. The molecule has 10 heteroatoms. The van der Waals surface area contributed by atoms with Crippen molar-refractivity contribution in [1.29, 1.82) is 0 Å². The number of benzene rings is 1. The quantitative estimate of drug-likeness (QED) is 0.637. The molecule has 0 saturated carbocycles. The van der Waals surface area contributed by atoms with Gasteiger partial charge in [-0.25, -0.2) is 17.5 Å². The molecule has 3 N–H and O–H groups in total. The zero-order chi connectivity index (χ0) is 14.7. The number of nitrogens with one attached hydrogen (secondary N) is 1. The summed E-state index contributed by atoms with van der Waals surface area (Å²) in [6.45, 7) is 0.127. The number of rotatable bonds is 5. The molecular formula is C10H13ClF4N2O2S. The lowest BCUT2D eigenvalue weighted by atomic mass is 10.2. The Morgan fingerprint density at radius 2 is 1.85 bits per heavy atom. The van der Waals surface area contributed by atoms with E-state index in [0.29, 0.717) is 18.6 Å². The van der Waals surface area contributed by atoms with E-state index in [1.54, 1.807) is 0 Å². The van der Waals surface area contributed by atoms with Gasteiger partial charge in [0.05, 0.1) is 5.56 Å². The van der Waals surface area contributed by atoms with Crippen molar-refractivity contribution in [3.05, 3.63) is 29.6 Å². The van der Waals surface area contributed by atoms with E-state index >= 15 is 0 Å². The fourth-order valence-electron chi connectivity index (χ4n) is 1.27. The van der Waals surface area contributed by atoms with Crippen molar-refractivity contribution >= 4 is 22.4 Å². The summed E-state index contributed by atoms with van der Waals surface area (Å²) in [6, 6.07) is 1.22. The van der Waals surface area contributed by atoms with Crippen molar-refractivity contribution in [2.24, 2.45) is 5.73 Å². The van der Waals surface area contributed by atoms with E-state index in [1.165, 1.54) is 0 Å². The summed E-state index contributed by atoms with van der Waals surface area (Å²) in [7, 11) is -4.33. The fourth-order valence-corrected chi connectivity index (χ4v) is 2.45. The standard InChI is InChI=1S/C10H12F4N2O2S.ClH/c11-8-3-2-7(10(12,13)14)6-9(8)19(17,18)16-5-1-4-15;/h2-3,6,16H,1,4-5,15H2;1H. The first-order valence-electron chi connectivity index (χ1n) is 5.25. The molecule has 0 radical (unpaired) electrons. The Labute approximate surface area is 119 Å². The van der Waals surface area contributed by atoms with Crippen LogP contribution in [0.1, 0.15) is 12.0 Å². The maximum atomic E-state index is 13.4. The van der Waals surface area contributed by atoms with E-state index in [0.717, 1.165) is 0 Å². The second-order valence-electron chi connectivity index (χ2n) is 3.68. The van der Waals surface area contributed by atoms with Gasteiger partial charge in [-0.05, 0) is 31.2 Å². The van der Waals surface area contributed by atoms with Crippen LogP contribution in [0.4, 0.5) is 17.6 Å². The third kappa shape index (κ3) is 4.89. The topological polar surface area (TPSA) is 72.2 Å². The summed E-state index contributed by atoms with van der Waals surface area (Å²) in [4.78, 5) is -1.03. The van der Waals surface area contributed by atoms with Crippen LogP contribution in [0.3, 0.4) is 0 Å². The summed E-state index contributed by atoms with van der Waals surface area (Å²) in [5.41, 5.74) is 3.92. The first-order valence-corrected chi connectivity index (χ1v) is 6.73. The number of sulfonamides is 1. The summed E-state index contributed by atoms with van der Waals surface area (Å²) < 4.78 is 75.9. The predicted molar refractivity (Wildman–Crippen MR) is 67.5 cm³/mol. The Balaban J connectivity index is 0.00000361. The first-order chi connectivity index (χ1) is 8.68. The van der Waals surface area contributed by atoms with Crippen molar-refractivity contribution in [3.63, 3.8) is 0 Å². The molecule has 116 valence electrons. The summed E-state index contributed by atoms with van der Waals surface area (Å²) in [5, 5.41) is 0. The number of alkyl halides is 3. The summed E-state index contributed by atoms with van der Waals surface area (Å²) >= 11 is 0. The average Bonchev–Trinajstić information content (AvgIpc) is 2.27. The van der Waals surface area contributed by atoms with Crippen LogP contribution in [-0.4, -0.2) is 21.5 Å². The van der Waals surface area contributed by atoms with Gasteiger partial charge >= 0.3 is 6.18 Å². The molecule has 0 aliphatic carbocycles. The largest absolute Gasteiger partial charge is 0.416 e. The van der Waals surface area contributed by atoms with Gasteiger partial charge in [0.25, 0.3) is 0 Å². The van der Waals surface area contributed by atoms with Crippen LogP contribution in [0.15, 0.2) is 23.1 Å². The molecule has 20 heavy (non-hydrogen) atoms. The Bertz CT molecular complexity index is 549. The van der Waals surface area contributed by atoms with Gasteiger partial charge in [-0.15, -0.1) is 12.4 Å². The molecule has 0 fully saturated rings. The van der Waals surface area contributed by atoms with Gasteiger partial charge in [-0.3, -0.25) is 0 Å². The molecule has 1 aromatic rings. The number of nitrogens with two attached hydrogens (primary N) is 1. The molecule has 0 spiro atoms. The predicted octanol–water partition coefficient (Wildman–Crippen LogP) is 1.89. The van der Waals surface area contributed by atoms with Crippen molar-refractivity contribution in [1.82, 2.24) is 4.72 Å². The van der Waals surface area contributed by atoms with E-state index in [4.69, 9.17) is 5.73 Å². The van der Waals surface area contributed by atoms with E-state index < -0.39 is 32.5 Å².